The van der Waals surface area contributed by atoms with Crippen LogP contribution in [0.25, 0.3) is 10.9 Å². The quantitative estimate of drug-likeness (QED) is 0.818. The van der Waals surface area contributed by atoms with Gasteiger partial charge in [-0.25, -0.2) is 0 Å². The summed E-state index contributed by atoms with van der Waals surface area (Å²) in [5.74, 6) is 0.0681. The van der Waals surface area contributed by atoms with Crippen LogP contribution in [-0.4, -0.2) is 35.3 Å². The number of carbonyl (C=O) groups is 1. The number of aromatic amines is 1. The number of amides is 1. The second-order valence-corrected chi connectivity index (χ2v) is 4.62. The minimum absolute atomic E-state index is 0.0391. The Bertz CT molecular complexity index is 707. The molecule has 0 radical (unpaired) electrons. The van der Waals surface area contributed by atoms with E-state index in [1.165, 1.54) is 12.7 Å². The van der Waals surface area contributed by atoms with Gasteiger partial charge in [-0.05, 0) is 18.2 Å². The number of carbonyl (C=O) groups excluding carboxylic acids is 1. The van der Waals surface area contributed by atoms with E-state index < -0.39 is 5.91 Å². The summed E-state index contributed by atoms with van der Waals surface area (Å²) < 4.78 is -0.170. The Morgan fingerprint density at radius 2 is 2.32 bits per heavy atom. The van der Waals surface area contributed by atoms with Crippen molar-refractivity contribution < 1.29 is 4.79 Å². The molecule has 0 spiro atoms. The molecule has 0 fully saturated rings. The molecular formula is C11H10ClN6O+. The van der Waals surface area contributed by atoms with E-state index >= 15 is 0 Å². The lowest BCUT2D eigenvalue weighted by Crippen LogP contribution is -2.47. The van der Waals surface area contributed by atoms with Gasteiger partial charge in [0.15, 0.2) is 12.9 Å². The number of hydrogen-bond acceptors (Lipinski definition) is 4. The smallest absolute Gasteiger partial charge is 0.287 e. The molecule has 0 saturated heterocycles. The number of rotatable bonds is 3. The standard InChI is InChI=1S/C11H9ClN6O/c12-7-1-2-8-9(3-7)16-17-11(8)18(4-10(13)19)6-14-5-15-18/h1-3,5-6H,4H2,(H2-,13,16,17,19)/p+1. The number of aromatic nitrogens is 2. The fourth-order valence-corrected chi connectivity index (χ4v) is 2.24. The van der Waals surface area contributed by atoms with Crippen LogP contribution in [0.3, 0.4) is 0 Å². The van der Waals surface area contributed by atoms with Crippen molar-refractivity contribution in [1.82, 2.24) is 14.8 Å². The molecule has 1 atom stereocenters. The third-order valence-electron chi connectivity index (χ3n) is 2.85. The minimum Gasteiger partial charge on any atom is -0.365 e. The molecule has 2 heterocycles. The van der Waals surface area contributed by atoms with Gasteiger partial charge in [0.2, 0.25) is 6.34 Å². The van der Waals surface area contributed by atoms with E-state index in [9.17, 15) is 4.79 Å². The fraction of sp³-hybridized carbons (Fsp3) is 0.0909. The topological polar surface area (TPSA) is 96.5 Å². The molecule has 2 aromatic rings. The van der Waals surface area contributed by atoms with Crippen molar-refractivity contribution in [3.63, 3.8) is 0 Å². The second kappa shape index (κ2) is 4.15. The summed E-state index contributed by atoms with van der Waals surface area (Å²) in [6, 6.07) is 5.32. The van der Waals surface area contributed by atoms with Crippen LogP contribution >= 0.6 is 11.6 Å². The molecule has 8 heteroatoms. The fourth-order valence-electron chi connectivity index (χ4n) is 2.07. The maximum Gasteiger partial charge on any atom is 0.287 e. The first-order valence-corrected chi connectivity index (χ1v) is 5.87. The van der Waals surface area contributed by atoms with E-state index in [4.69, 9.17) is 17.3 Å². The number of nitrogens with one attached hydrogen (secondary N) is 1. The first-order valence-electron chi connectivity index (χ1n) is 5.49. The summed E-state index contributed by atoms with van der Waals surface area (Å²) in [6.07, 6.45) is 2.90. The van der Waals surface area contributed by atoms with Gasteiger partial charge in [0.1, 0.15) is 0 Å². The molecule has 1 aromatic carbocycles. The number of H-pyrrole nitrogens is 1. The lowest BCUT2D eigenvalue weighted by molar-refractivity contribution is -0.118. The molecule has 7 nitrogen and oxygen atoms in total. The van der Waals surface area contributed by atoms with Crippen molar-refractivity contribution in [2.45, 2.75) is 0 Å². The minimum atomic E-state index is -0.490. The zero-order chi connectivity index (χ0) is 13.5. The molecule has 0 saturated carbocycles. The Kier molecular flexibility index (Phi) is 2.58. The SMILES string of the molecule is NC(=O)C[N+]1(c2n[nH]c3cc(Cl)ccc23)C=NC=N1. The lowest BCUT2D eigenvalue weighted by Gasteiger charge is -2.19. The molecule has 3 N–H and O–H groups in total. The van der Waals surface area contributed by atoms with Crippen LogP contribution in [-0.2, 0) is 4.79 Å². The van der Waals surface area contributed by atoms with Crippen molar-refractivity contribution in [3.8, 4) is 0 Å². The number of fused-ring (bicyclic) bond motifs is 1. The van der Waals surface area contributed by atoms with Gasteiger partial charge in [0.05, 0.1) is 10.9 Å². The first kappa shape index (κ1) is 11.8. The van der Waals surface area contributed by atoms with E-state index in [1.54, 1.807) is 12.1 Å². The third kappa shape index (κ3) is 1.88. The van der Waals surface area contributed by atoms with E-state index in [2.05, 4.69) is 20.3 Å². The van der Waals surface area contributed by atoms with E-state index in [0.717, 1.165) is 10.9 Å². The molecule has 1 aromatic heterocycles. The molecule has 0 aliphatic carbocycles. The second-order valence-electron chi connectivity index (χ2n) is 4.18. The molecule has 3 rings (SSSR count). The highest BCUT2D eigenvalue weighted by Gasteiger charge is 2.38. The van der Waals surface area contributed by atoms with Crippen molar-refractivity contribution in [2.75, 3.05) is 6.54 Å². The summed E-state index contributed by atoms with van der Waals surface area (Å²) >= 11 is 5.92. The van der Waals surface area contributed by atoms with E-state index in [0.29, 0.717) is 10.8 Å². The Balaban J connectivity index is 2.19. The highest BCUT2D eigenvalue weighted by atomic mass is 35.5. The van der Waals surface area contributed by atoms with Crippen molar-refractivity contribution >= 4 is 46.9 Å². The molecule has 1 unspecified atom stereocenters. The third-order valence-corrected chi connectivity index (χ3v) is 3.09. The summed E-state index contributed by atoms with van der Waals surface area (Å²) in [5.41, 5.74) is 6.05. The molecule has 1 aliphatic rings. The van der Waals surface area contributed by atoms with Gasteiger partial charge in [0, 0.05) is 5.02 Å². The number of hydrogen-bond donors (Lipinski definition) is 2. The highest BCUT2D eigenvalue weighted by molar-refractivity contribution is 6.31. The van der Waals surface area contributed by atoms with Gasteiger partial charge < -0.3 is 5.73 Å². The van der Waals surface area contributed by atoms with Gasteiger partial charge in [0.25, 0.3) is 11.7 Å². The van der Waals surface area contributed by atoms with Crippen LogP contribution in [0.2, 0.25) is 5.02 Å². The van der Waals surface area contributed by atoms with Crippen LogP contribution in [0.15, 0.2) is 28.3 Å². The number of quaternary nitrogens is 1. The molecule has 1 aliphatic heterocycles. The van der Waals surface area contributed by atoms with Crippen LogP contribution in [0.5, 0.6) is 0 Å². The number of halogens is 1. The number of nitrogens with zero attached hydrogens (tertiary/aromatic N) is 4. The van der Waals surface area contributed by atoms with E-state index in [1.807, 2.05) is 6.07 Å². The Hall–Kier alpha value is -2.25. The predicted octanol–water partition coefficient (Wildman–Crippen LogP) is 0.994. The van der Waals surface area contributed by atoms with Crippen LogP contribution in [0, 0.1) is 0 Å². The lowest BCUT2D eigenvalue weighted by atomic mass is 10.2. The van der Waals surface area contributed by atoms with Crippen molar-refractivity contribution in [2.24, 2.45) is 15.8 Å². The normalized spacial score (nSPS) is 21.3. The van der Waals surface area contributed by atoms with Crippen LogP contribution < -0.4 is 10.3 Å². The molecular weight excluding hydrogens is 268 g/mol. The number of benzene rings is 1. The zero-order valence-electron chi connectivity index (χ0n) is 9.75. The van der Waals surface area contributed by atoms with Gasteiger partial charge in [-0.3, -0.25) is 9.89 Å². The largest absolute Gasteiger partial charge is 0.365 e. The van der Waals surface area contributed by atoms with Crippen LogP contribution in [0.4, 0.5) is 5.82 Å². The summed E-state index contributed by atoms with van der Waals surface area (Å²) in [6.45, 7) is -0.0391. The zero-order valence-corrected chi connectivity index (χ0v) is 10.5. The number of nitrogens with two attached hydrogens (primary N) is 1. The van der Waals surface area contributed by atoms with Gasteiger partial charge in [-0.2, -0.15) is 4.99 Å². The predicted molar refractivity (Wildman–Crippen MR) is 73.9 cm³/mol. The highest BCUT2D eigenvalue weighted by Crippen LogP contribution is 2.31. The molecule has 0 bridgehead atoms. The Morgan fingerprint density at radius 1 is 1.47 bits per heavy atom. The number of primary amides is 1. The summed E-state index contributed by atoms with van der Waals surface area (Å²) in [7, 11) is 0. The van der Waals surface area contributed by atoms with Gasteiger partial charge in [-0.1, -0.05) is 21.3 Å². The molecule has 19 heavy (non-hydrogen) atoms. The molecule has 96 valence electrons. The average Bonchev–Trinajstić information content (AvgIpc) is 2.94. The average molecular weight is 278 g/mol. The maximum atomic E-state index is 11.3. The Labute approximate surface area is 112 Å². The van der Waals surface area contributed by atoms with Crippen molar-refractivity contribution in [1.29, 1.82) is 0 Å². The van der Waals surface area contributed by atoms with Gasteiger partial charge >= 0.3 is 0 Å². The van der Waals surface area contributed by atoms with Crippen LogP contribution in [0.1, 0.15) is 0 Å². The Morgan fingerprint density at radius 3 is 3.00 bits per heavy atom. The molecule has 1 amide bonds. The number of aliphatic imine (C=N–C) groups is 1. The first-order chi connectivity index (χ1) is 9.11. The maximum absolute atomic E-state index is 11.3. The van der Waals surface area contributed by atoms with Crippen molar-refractivity contribution in [3.05, 3.63) is 23.2 Å². The van der Waals surface area contributed by atoms with Gasteiger partial charge in [-0.15, -0.1) is 5.10 Å². The van der Waals surface area contributed by atoms with E-state index in [-0.39, 0.29) is 11.1 Å². The summed E-state index contributed by atoms with van der Waals surface area (Å²) in [5, 5.41) is 12.7. The monoisotopic (exact) mass is 277 g/mol. The summed E-state index contributed by atoms with van der Waals surface area (Å²) in [4.78, 5) is 15.2.